The highest BCUT2D eigenvalue weighted by Gasteiger charge is 2.33. The Morgan fingerprint density at radius 1 is 1.25 bits per heavy atom. The molecular formula is C10H22N2. The fourth-order valence-electron chi connectivity index (χ4n) is 2.45. The molecule has 0 amide bonds. The van der Waals surface area contributed by atoms with Crippen molar-refractivity contribution in [1.29, 1.82) is 0 Å². The Bertz CT molecular complexity index is 145. The second kappa shape index (κ2) is 3.75. The fraction of sp³-hybridized carbons (Fsp3) is 1.00. The topological polar surface area (TPSA) is 52.0 Å². The summed E-state index contributed by atoms with van der Waals surface area (Å²) in [6.07, 6.45) is 2.35. The van der Waals surface area contributed by atoms with Gasteiger partial charge in [-0.3, -0.25) is 0 Å². The molecule has 1 aliphatic rings. The Balaban J connectivity index is 2.51. The van der Waals surface area contributed by atoms with Crippen molar-refractivity contribution in [2.45, 2.75) is 45.7 Å². The summed E-state index contributed by atoms with van der Waals surface area (Å²) in [6, 6.07) is 0.731. The average Bonchev–Trinajstić information content (AvgIpc) is 2.28. The van der Waals surface area contributed by atoms with E-state index in [4.69, 9.17) is 11.5 Å². The first-order valence-electron chi connectivity index (χ1n) is 5.03. The molecule has 0 aromatic carbocycles. The Morgan fingerprint density at radius 3 is 2.17 bits per heavy atom. The first-order valence-corrected chi connectivity index (χ1v) is 5.03. The van der Waals surface area contributed by atoms with Gasteiger partial charge in [-0.1, -0.05) is 13.8 Å². The lowest BCUT2D eigenvalue weighted by atomic mass is 9.82. The smallest absolute Gasteiger partial charge is 0.00443 e. The van der Waals surface area contributed by atoms with Crippen LogP contribution >= 0.6 is 0 Å². The van der Waals surface area contributed by atoms with Gasteiger partial charge in [0.15, 0.2) is 0 Å². The SMILES string of the molecule is CC(N)C(C)C1CC(N)CC1C. The van der Waals surface area contributed by atoms with E-state index < -0.39 is 0 Å². The van der Waals surface area contributed by atoms with Crippen molar-refractivity contribution in [3.05, 3.63) is 0 Å². The molecule has 4 N–H and O–H groups in total. The Kier molecular flexibility index (Phi) is 3.13. The minimum atomic E-state index is 0.308. The molecule has 12 heavy (non-hydrogen) atoms. The van der Waals surface area contributed by atoms with Crippen molar-refractivity contribution in [3.63, 3.8) is 0 Å². The zero-order valence-corrected chi connectivity index (χ0v) is 8.46. The second-order valence-electron chi connectivity index (χ2n) is 4.59. The molecule has 1 rings (SSSR count). The van der Waals surface area contributed by atoms with Gasteiger partial charge >= 0.3 is 0 Å². The van der Waals surface area contributed by atoms with Gasteiger partial charge in [0.25, 0.3) is 0 Å². The van der Waals surface area contributed by atoms with Crippen LogP contribution in [0.25, 0.3) is 0 Å². The number of hydrogen-bond acceptors (Lipinski definition) is 2. The molecule has 0 aromatic rings. The van der Waals surface area contributed by atoms with Crippen LogP contribution in [0.2, 0.25) is 0 Å². The van der Waals surface area contributed by atoms with Gasteiger partial charge in [0.05, 0.1) is 0 Å². The van der Waals surface area contributed by atoms with E-state index in [1.165, 1.54) is 12.8 Å². The lowest BCUT2D eigenvalue weighted by Crippen LogP contribution is -2.31. The van der Waals surface area contributed by atoms with Crippen LogP contribution in [0.15, 0.2) is 0 Å². The highest BCUT2D eigenvalue weighted by Crippen LogP contribution is 2.36. The van der Waals surface area contributed by atoms with Crippen LogP contribution in [-0.2, 0) is 0 Å². The molecule has 0 aromatic heterocycles. The predicted molar refractivity (Wildman–Crippen MR) is 52.7 cm³/mol. The van der Waals surface area contributed by atoms with Crippen LogP contribution in [0.4, 0.5) is 0 Å². The van der Waals surface area contributed by atoms with Crippen molar-refractivity contribution < 1.29 is 0 Å². The van der Waals surface area contributed by atoms with Gasteiger partial charge in [0.1, 0.15) is 0 Å². The Hall–Kier alpha value is -0.0800. The third-order valence-electron chi connectivity index (χ3n) is 3.49. The molecule has 1 saturated carbocycles. The standard InChI is InChI=1S/C10H22N2/c1-6-4-9(12)5-10(6)7(2)8(3)11/h6-10H,4-5,11-12H2,1-3H3. The Labute approximate surface area is 75.7 Å². The van der Waals surface area contributed by atoms with Crippen molar-refractivity contribution in [3.8, 4) is 0 Å². The molecular weight excluding hydrogens is 148 g/mol. The second-order valence-corrected chi connectivity index (χ2v) is 4.59. The number of rotatable bonds is 2. The average molecular weight is 170 g/mol. The monoisotopic (exact) mass is 170 g/mol. The summed E-state index contributed by atoms with van der Waals surface area (Å²) < 4.78 is 0. The molecule has 0 heterocycles. The maximum absolute atomic E-state index is 5.91. The van der Waals surface area contributed by atoms with Crippen molar-refractivity contribution in [2.75, 3.05) is 0 Å². The number of nitrogens with two attached hydrogens (primary N) is 2. The number of hydrogen-bond donors (Lipinski definition) is 2. The van der Waals surface area contributed by atoms with E-state index in [0.717, 1.165) is 11.8 Å². The minimum Gasteiger partial charge on any atom is -0.328 e. The van der Waals surface area contributed by atoms with Gasteiger partial charge in [0, 0.05) is 12.1 Å². The largest absolute Gasteiger partial charge is 0.328 e. The zero-order chi connectivity index (χ0) is 9.30. The summed E-state index contributed by atoms with van der Waals surface area (Å²) in [6.45, 7) is 6.65. The maximum Gasteiger partial charge on any atom is 0.00443 e. The van der Waals surface area contributed by atoms with E-state index in [0.29, 0.717) is 18.0 Å². The highest BCUT2D eigenvalue weighted by molar-refractivity contribution is 4.88. The summed E-state index contributed by atoms with van der Waals surface area (Å²) in [5, 5.41) is 0. The molecule has 2 heteroatoms. The molecule has 0 spiro atoms. The van der Waals surface area contributed by atoms with E-state index in [2.05, 4.69) is 20.8 Å². The van der Waals surface area contributed by atoms with Gasteiger partial charge < -0.3 is 11.5 Å². The summed E-state index contributed by atoms with van der Waals surface area (Å²) in [5.41, 5.74) is 11.8. The van der Waals surface area contributed by atoms with Crippen LogP contribution < -0.4 is 11.5 Å². The lowest BCUT2D eigenvalue weighted by Gasteiger charge is -2.26. The van der Waals surface area contributed by atoms with E-state index in [-0.39, 0.29) is 0 Å². The lowest BCUT2D eigenvalue weighted by molar-refractivity contribution is 0.262. The van der Waals surface area contributed by atoms with Crippen LogP contribution in [-0.4, -0.2) is 12.1 Å². The van der Waals surface area contributed by atoms with Crippen LogP contribution in [0.3, 0.4) is 0 Å². The quantitative estimate of drug-likeness (QED) is 0.657. The van der Waals surface area contributed by atoms with Gasteiger partial charge in [-0.05, 0) is 37.5 Å². The Morgan fingerprint density at radius 2 is 1.83 bits per heavy atom. The molecule has 1 fully saturated rings. The van der Waals surface area contributed by atoms with Crippen LogP contribution in [0, 0.1) is 17.8 Å². The molecule has 0 aliphatic heterocycles. The van der Waals surface area contributed by atoms with Gasteiger partial charge in [-0.2, -0.15) is 0 Å². The first kappa shape index (κ1) is 10.0. The fourth-order valence-corrected chi connectivity index (χ4v) is 2.45. The highest BCUT2D eigenvalue weighted by atomic mass is 14.7. The maximum atomic E-state index is 5.91. The molecule has 72 valence electrons. The van der Waals surface area contributed by atoms with E-state index in [1.54, 1.807) is 0 Å². The zero-order valence-electron chi connectivity index (χ0n) is 8.46. The van der Waals surface area contributed by atoms with E-state index >= 15 is 0 Å². The van der Waals surface area contributed by atoms with Gasteiger partial charge in [-0.25, -0.2) is 0 Å². The molecule has 0 radical (unpaired) electrons. The van der Waals surface area contributed by atoms with Crippen molar-refractivity contribution in [1.82, 2.24) is 0 Å². The summed E-state index contributed by atoms with van der Waals surface area (Å²) in [4.78, 5) is 0. The molecule has 0 saturated heterocycles. The third-order valence-corrected chi connectivity index (χ3v) is 3.49. The van der Waals surface area contributed by atoms with Crippen LogP contribution in [0.1, 0.15) is 33.6 Å². The van der Waals surface area contributed by atoms with Gasteiger partial charge in [0.2, 0.25) is 0 Å². The third kappa shape index (κ3) is 1.99. The van der Waals surface area contributed by atoms with Crippen LogP contribution in [0.5, 0.6) is 0 Å². The van der Waals surface area contributed by atoms with Crippen molar-refractivity contribution in [2.24, 2.45) is 29.2 Å². The van der Waals surface area contributed by atoms with Crippen molar-refractivity contribution >= 4 is 0 Å². The molecule has 0 bridgehead atoms. The normalized spacial score (nSPS) is 41.2. The summed E-state index contributed by atoms with van der Waals surface area (Å²) in [5.74, 6) is 2.13. The first-order chi connectivity index (χ1) is 5.52. The van der Waals surface area contributed by atoms with Gasteiger partial charge in [-0.15, -0.1) is 0 Å². The molecule has 1 aliphatic carbocycles. The molecule has 5 unspecified atom stereocenters. The molecule has 5 atom stereocenters. The van der Waals surface area contributed by atoms with E-state index in [9.17, 15) is 0 Å². The summed E-state index contributed by atoms with van der Waals surface area (Å²) in [7, 11) is 0. The minimum absolute atomic E-state index is 0.308. The van der Waals surface area contributed by atoms with E-state index in [1.807, 2.05) is 0 Å². The molecule has 2 nitrogen and oxygen atoms in total. The summed E-state index contributed by atoms with van der Waals surface area (Å²) >= 11 is 0. The predicted octanol–water partition coefficient (Wildman–Crippen LogP) is 1.34.